The Morgan fingerprint density at radius 1 is 1.53 bits per heavy atom. The Balaban J connectivity index is 3.02. The number of nitrogens with two attached hydrogens (primary N) is 1. The van der Waals surface area contributed by atoms with E-state index in [0.717, 1.165) is 0 Å². The summed E-state index contributed by atoms with van der Waals surface area (Å²) in [7, 11) is 0. The van der Waals surface area contributed by atoms with E-state index in [9.17, 15) is 13.6 Å². The molecule has 5 heteroatoms. The summed E-state index contributed by atoms with van der Waals surface area (Å²) in [4.78, 5) is 10.9. The number of carbonyl (C=O) groups excluding carboxylic acids is 1. The van der Waals surface area contributed by atoms with E-state index in [-0.39, 0.29) is 23.6 Å². The maximum Gasteiger partial charge on any atom is 0.387 e. The molecule has 1 aromatic carbocycles. The molecule has 0 amide bonds. The first-order chi connectivity index (χ1) is 7.00. The number of carbonyl (C=O) groups is 1. The molecule has 82 valence electrons. The average Bonchev–Trinajstić information content (AvgIpc) is 2.09. The van der Waals surface area contributed by atoms with Crippen LogP contribution in [0.25, 0.3) is 0 Å². The van der Waals surface area contributed by atoms with Crippen molar-refractivity contribution in [3.63, 3.8) is 0 Å². The zero-order chi connectivity index (χ0) is 11.4. The highest BCUT2D eigenvalue weighted by molar-refractivity contribution is 5.79. The Morgan fingerprint density at radius 2 is 2.20 bits per heavy atom. The number of nitrogen functional groups attached to an aromatic ring is 1. The quantitative estimate of drug-likeness (QED) is 0.781. The largest absolute Gasteiger partial charge is 0.432 e. The summed E-state index contributed by atoms with van der Waals surface area (Å²) in [6, 6.07) is 4.57. The molecule has 1 aromatic rings. The van der Waals surface area contributed by atoms with E-state index < -0.39 is 6.61 Å². The highest BCUT2D eigenvalue weighted by atomic mass is 19.3. The number of ether oxygens (including phenoxy) is 1. The molecular weight excluding hydrogens is 204 g/mol. The van der Waals surface area contributed by atoms with Crippen LogP contribution in [0.15, 0.2) is 18.2 Å². The number of ketones is 1. The molecule has 0 unspecified atom stereocenters. The first-order valence-corrected chi connectivity index (χ1v) is 4.32. The average molecular weight is 215 g/mol. The van der Waals surface area contributed by atoms with E-state index >= 15 is 0 Å². The number of rotatable bonds is 4. The summed E-state index contributed by atoms with van der Waals surface area (Å²) in [5.41, 5.74) is 5.96. The van der Waals surface area contributed by atoms with Crippen LogP contribution in [0, 0.1) is 0 Å². The van der Waals surface area contributed by atoms with E-state index in [0.29, 0.717) is 5.56 Å². The standard InChI is InChI=1S/C10H11F2NO2/c1-6(14)5-7-3-2-4-8(13)9(7)15-10(11)12/h2-4,10H,5,13H2,1H3. The molecule has 0 atom stereocenters. The van der Waals surface area contributed by atoms with Gasteiger partial charge < -0.3 is 10.5 Å². The second-order valence-corrected chi connectivity index (χ2v) is 3.09. The van der Waals surface area contributed by atoms with E-state index in [1.807, 2.05) is 0 Å². The second kappa shape index (κ2) is 4.72. The Bertz CT molecular complexity index is 366. The number of anilines is 1. The van der Waals surface area contributed by atoms with E-state index in [2.05, 4.69) is 4.74 Å². The van der Waals surface area contributed by atoms with Gasteiger partial charge in [-0.15, -0.1) is 0 Å². The number of hydrogen-bond donors (Lipinski definition) is 1. The fourth-order valence-electron chi connectivity index (χ4n) is 1.24. The third kappa shape index (κ3) is 3.19. The van der Waals surface area contributed by atoms with E-state index in [1.165, 1.54) is 19.1 Å². The zero-order valence-corrected chi connectivity index (χ0v) is 8.17. The molecule has 0 bridgehead atoms. The summed E-state index contributed by atoms with van der Waals surface area (Å²) in [6.07, 6.45) is 0.0348. The van der Waals surface area contributed by atoms with Crippen molar-refractivity contribution in [3.05, 3.63) is 23.8 Å². The number of para-hydroxylation sites is 1. The third-order valence-corrected chi connectivity index (χ3v) is 1.77. The van der Waals surface area contributed by atoms with Crippen molar-refractivity contribution >= 4 is 11.5 Å². The molecular formula is C10H11F2NO2. The lowest BCUT2D eigenvalue weighted by molar-refractivity contribution is -0.116. The summed E-state index contributed by atoms with van der Waals surface area (Å²) < 4.78 is 28.4. The molecule has 1 rings (SSSR count). The summed E-state index contributed by atoms with van der Waals surface area (Å²) in [5.74, 6) is -0.248. The summed E-state index contributed by atoms with van der Waals surface area (Å²) >= 11 is 0. The fraction of sp³-hybridized carbons (Fsp3) is 0.300. The molecule has 0 aromatic heterocycles. The van der Waals surface area contributed by atoms with Crippen molar-refractivity contribution in [3.8, 4) is 5.75 Å². The molecule has 0 saturated carbocycles. The number of benzene rings is 1. The van der Waals surface area contributed by atoms with Gasteiger partial charge in [-0.3, -0.25) is 4.79 Å². The van der Waals surface area contributed by atoms with Crippen LogP contribution in [0.2, 0.25) is 0 Å². The lowest BCUT2D eigenvalue weighted by Crippen LogP contribution is -2.08. The SMILES string of the molecule is CC(=O)Cc1cccc(N)c1OC(F)F. The van der Waals surface area contributed by atoms with Gasteiger partial charge in [0.05, 0.1) is 5.69 Å². The second-order valence-electron chi connectivity index (χ2n) is 3.09. The molecule has 15 heavy (non-hydrogen) atoms. The van der Waals surface area contributed by atoms with Crippen LogP contribution in [0.3, 0.4) is 0 Å². The molecule has 0 fully saturated rings. The van der Waals surface area contributed by atoms with Gasteiger partial charge in [-0.25, -0.2) is 0 Å². The highest BCUT2D eigenvalue weighted by Gasteiger charge is 2.13. The molecule has 0 aliphatic rings. The van der Waals surface area contributed by atoms with Gasteiger partial charge in [-0.1, -0.05) is 12.1 Å². The van der Waals surface area contributed by atoms with Gasteiger partial charge >= 0.3 is 6.61 Å². The maximum atomic E-state index is 12.1. The highest BCUT2D eigenvalue weighted by Crippen LogP contribution is 2.28. The predicted octanol–water partition coefficient (Wildman–Crippen LogP) is 2.00. The zero-order valence-electron chi connectivity index (χ0n) is 8.17. The van der Waals surface area contributed by atoms with Crippen LogP contribution < -0.4 is 10.5 Å². The molecule has 0 aliphatic carbocycles. The molecule has 0 heterocycles. The van der Waals surface area contributed by atoms with Crippen molar-refractivity contribution < 1.29 is 18.3 Å². The van der Waals surface area contributed by atoms with Gasteiger partial charge in [0.2, 0.25) is 0 Å². The van der Waals surface area contributed by atoms with Gasteiger partial charge in [0.15, 0.2) is 5.75 Å². The summed E-state index contributed by atoms with van der Waals surface area (Å²) in [5, 5.41) is 0. The van der Waals surface area contributed by atoms with Gasteiger partial charge in [-0.05, 0) is 13.0 Å². The Labute approximate surface area is 85.8 Å². The predicted molar refractivity (Wildman–Crippen MR) is 51.9 cm³/mol. The fourth-order valence-corrected chi connectivity index (χ4v) is 1.24. The molecule has 0 aliphatic heterocycles. The van der Waals surface area contributed by atoms with Crippen LogP contribution >= 0.6 is 0 Å². The Kier molecular flexibility index (Phi) is 3.60. The first kappa shape index (κ1) is 11.4. The molecule has 0 radical (unpaired) electrons. The van der Waals surface area contributed by atoms with Crippen molar-refractivity contribution in [2.24, 2.45) is 0 Å². The van der Waals surface area contributed by atoms with Crippen LogP contribution in [0.5, 0.6) is 5.75 Å². The molecule has 3 nitrogen and oxygen atoms in total. The molecule has 2 N–H and O–H groups in total. The number of hydrogen-bond acceptors (Lipinski definition) is 3. The molecule has 0 spiro atoms. The Hall–Kier alpha value is -1.65. The van der Waals surface area contributed by atoms with Crippen LogP contribution in [0.1, 0.15) is 12.5 Å². The number of alkyl halides is 2. The summed E-state index contributed by atoms with van der Waals surface area (Å²) in [6.45, 7) is -1.57. The maximum absolute atomic E-state index is 12.1. The van der Waals surface area contributed by atoms with Gasteiger partial charge in [0.1, 0.15) is 5.78 Å². The van der Waals surface area contributed by atoms with Crippen molar-refractivity contribution in [1.29, 1.82) is 0 Å². The van der Waals surface area contributed by atoms with E-state index in [4.69, 9.17) is 5.73 Å². The minimum Gasteiger partial charge on any atom is -0.432 e. The first-order valence-electron chi connectivity index (χ1n) is 4.32. The van der Waals surface area contributed by atoms with E-state index in [1.54, 1.807) is 6.07 Å². The van der Waals surface area contributed by atoms with Crippen LogP contribution in [0.4, 0.5) is 14.5 Å². The topological polar surface area (TPSA) is 52.3 Å². The number of Topliss-reactive ketones (excluding diaryl/α,β-unsaturated/α-hetero) is 1. The van der Waals surface area contributed by atoms with Gasteiger partial charge in [0, 0.05) is 12.0 Å². The van der Waals surface area contributed by atoms with Gasteiger partial charge in [-0.2, -0.15) is 8.78 Å². The lowest BCUT2D eigenvalue weighted by Gasteiger charge is -2.11. The smallest absolute Gasteiger partial charge is 0.387 e. The Morgan fingerprint density at radius 3 is 2.73 bits per heavy atom. The van der Waals surface area contributed by atoms with Crippen molar-refractivity contribution in [1.82, 2.24) is 0 Å². The van der Waals surface area contributed by atoms with Crippen molar-refractivity contribution in [2.45, 2.75) is 20.0 Å². The lowest BCUT2D eigenvalue weighted by atomic mass is 10.1. The van der Waals surface area contributed by atoms with Crippen LogP contribution in [-0.2, 0) is 11.2 Å². The number of halogens is 2. The monoisotopic (exact) mass is 215 g/mol. The van der Waals surface area contributed by atoms with Gasteiger partial charge in [0.25, 0.3) is 0 Å². The van der Waals surface area contributed by atoms with Crippen molar-refractivity contribution in [2.75, 3.05) is 5.73 Å². The minimum absolute atomic E-state index is 0.0348. The normalized spacial score (nSPS) is 10.4. The van der Waals surface area contributed by atoms with Crippen LogP contribution in [-0.4, -0.2) is 12.4 Å². The third-order valence-electron chi connectivity index (χ3n) is 1.77. The molecule has 0 saturated heterocycles. The minimum atomic E-state index is -2.94.